The smallest absolute Gasteiger partial charge is 0.251 e. The van der Waals surface area contributed by atoms with Crippen molar-refractivity contribution in [2.45, 2.75) is 44.7 Å². The first-order valence-electron chi connectivity index (χ1n) is 9.17. The van der Waals surface area contributed by atoms with Crippen LogP contribution in [0.3, 0.4) is 0 Å². The molecule has 0 aliphatic carbocycles. The number of aryl methyl sites for hydroxylation is 2. The predicted octanol–water partition coefficient (Wildman–Crippen LogP) is 3.71. The SMILES string of the molecule is CCC(NC(=O)c1cccc(S(=O)(=O)NCc2cccs2)c1)c1c(C)noc1C. The summed E-state index contributed by atoms with van der Waals surface area (Å²) in [5.74, 6) is 0.302. The second kappa shape index (κ2) is 8.89. The number of carbonyl (C=O) groups excluding carboxylic acids is 1. The van der Waals surface area contributed by atoms with Crippen molar-refractivity contribution in [1.82, 2.24) is 15.2 Å². The first kappa shape index (κ1) is 21.2. The molecule has 0 bridgehead atoms. The Kier molecular flexibility index (Phi) is 6.51. The molecule has 0 saturated carbocycles. The molecule has 2 aromatic heterocycles. The molecule has 0 aliphatic heterocycles. The largest absolute Gasteiger partial charge is 0.361 e. The second-order valence-corrected chi connectivity index (χ2v) is 9.40. The van der Waals surface area contributed by atoms with E-state index in [9.17, 15) is 13.2 Å². The van der Waals surface area contributed by atoms with Gasteiger partial charge in [-0.1, -0.05) is 24.2 Å². The topological polar surface area (TPSA) is 101 Å². The monoisotopic (exact) mass is 433 g/mol. The van der Waals surface area contributed by atoms with Gasteiger partial charge in [-0.3, -0.25) is 4.79 Å². The molecular formula is C20H23N3O4S2. The summed E-state index contributed by atoms with van der Waals surface area (Å²) in [4.78, 5) is 13.7. The average molecular weight is 434 g/mol. The van der Waals surface area contributed by atoms with Gasteiger partial charge in [-0.2, -0.15) is 0 Å². The molecule has 9 heteroatoms. The number of sulfonamides is 1. The Morgan fingerprint density at radius 2 is 2.03 bits per heavy atom. The predicted molar refractivity (Wildman–Crippen MR) is 111 cm³/mol. The van der Waals surface area contributed by atoms with Crippen molar-refractivity contribution in [2.75, 3.05) is 0 Å². The van der Waals surface area contributed by atoms with Crippen LogP contribution >= 0.6 is 11.3 Å². The number of nitrogens with one attached hydrogen (secondary N) is 2. The third-order valence-electron chi connectivity index (χ3n) is 4.57. The van der Waals surface area contributed by atoms with Gasteiger partial charge >= 0.3 is 0 Å². The molecule has 3 rings (SSSR count). The Labute approximate surface area is 174 Å². The highest BCUT2D eigenvalue weighted by molar-refractivity contribution is 7.89. The molecule has 1 aromatic carbocycles. The van der Waals surface area contributed by atoms with Crippen LogP contribution in [-0.4, -0.2) is 19.5 Å². The van der Waals surface area contributed by atoms with Gasteiger partial charge in [0.05, 0.1) is 16.6 Å². The summed E-state index contributed by atoms with van der Waals surface area (Å²) in [6, 6.07) is 9.45. The minimum absolute atomic E-state index is 0.0482. The molecule has 3 aromatic rings. The first-order chi connectivity index (χ1) is 13.8. The van der Waals surface area contributed by atoms with Crippen molar-refractivity contribution in [3.8, 4) is 0 Å². The number of benzene rings is 1. The van der Waals surface area contributed by atoms with Gasteiger partial charge in [0.1, 0.15) is 5.76 Å². The molecule has 0 radical (unpaired) electrons. The normalized spacial score (nSPS) is 12.7. The van der Waals surface area contributed by atoms with Crippen LogP contribution in [0.2, 0.25) is 0 Å². The lowest BCUT2D eigenvalue weighted by molar-refractivity contribution is 0.0935. The standard InChI is InChI=1S/C20H23N3O4S2/c1-4-18(19-13(2)23-27-14(19)3)22-20(24)15-7-5-9-17(11-15)29(25,26)21-12-16-8-6-10-28-16/h5-11,18,21H,4,12H2,1-3H3,(H,22,24). The Hall–Kier alpha value is -2.49. The quantitative estimate of drug-likeness (QED) is 0.564. The second-order valence-electron chi connectivity index (χ2n) is 6.60. The Balaban J connectivity index is 1.76. The van der Waals surface area contributed by atoms with E-state index in [0.717, 1.165) is 16.1 Å². The lowest BCUT2D eigenvalue weighted by Gasteiger charge is -2.17. The highest BCUT2D eigenvalue weighted by Crippen LogP contribution is 2.24. The van der Waals surface area contributed by atoms with Crippen molar-refractivity contribution >= 4 is 27.3 Å². The van der Waals surface area contributed by atoms with Crippen molar-refractivity contribution in [3.63, 3.8) is 0 Å². The van der Waals surface area contributed by atoms with E-state index in [2.05, 4.69) is 15.2 Å². The van der Waals surface area contributed by atoms with Gasteiger partial charge in [-0.15, -0.1) is 11.3 Å². The lowest BCUT2D eigenvalue weighted by Crippen LogP contribution is -2.29. The summed E-state index contributed by atoms with van der Waals surface area (Å²) in [5, 5.41) is 8.77. The van der Waals surface area contributed by atoms with Gasteiger partial charge in [0.15, 0.2) is 0 Å². The minimum Gasteiger partial charge on any atom is -0.361 e. The van der Waals surface area contributed by atoms with Crippen LogP contribution in [0.15, 0.2) is 51.2 Å². The number of rotatable bonds is 8. The van der Waals surface area contributed by atoms with Crippen LogP contribution in [0.5, 0.6) is 0 Å². The average Bonchev–Trinajstić information content (AvgIpc) is 3.35. The first-order valence-corrected chi connectivity index (χ1v) is 11.5. The highest BCUT2D eigenvalue weighted by atomic mass is 32.2. The molecule has 7 nitrogen and oxygen atoms in total. The van der Waals surface area contributed by atoms with E-state index in [-0.39, 0.29) is 29.0 Å². The van der Waals surface area contributed by atoms with Crippen LogP contribution in [0, 0.1) is 13.8 Å². The van der Waals surface area contributed by atoms with Crippen molar-refractivity contribution in [1.29, 1.82) is 0 Å². The molecule has 2 N–H and O–H groups in total. The van der Waals surface area contributed by atoms with E-state index >= 15 is 0 Å². The number of aromatic nitrogens is 1. The maximum absolute atomic E-state index is 12.8. The van der Waals surface area contributed by atoms with Crippen LogP contribution in [0.1, 0.15) is 51.6 Å². The zero-order valence-corrected chi connectivity index (χ0v) is 18.1. The molecule has 1 unspecified atom stereocenters. The Morgan fingerprint density at radius 3 is 2.66 bits per heavy atom. The van der Waals surface area contributed by atoms with Gasteiger partial charge < -0.3 is 9.84 Å². The zero-order chi connectivity index (χ0) is 21.0. The zero-order valence-electron chi connectivity index (χ0n) is 16.4. The van der Waals surface area contributed by atoms with Gasteiger partial charge in [0.25, 0.3) is 5.91 Å². The molecule has 0 aliphatic rings. The fourth-order valence-corrected chi connectivity index (χ4v) is 4.86. The molecule has 0 saturated heterocycles. The molecular weight excluding hydrogens is 410 g/mol. The number of thiophene rings is 1. The third kappa shape index (κ3) is 4.92. The molecule has 1 atom stereocenters. The number of hydrogen-bond donors (Lipinski definition) is 2. The van der Waals surface area contributed by atoms with Gasteiger partial charge in [-0.25, -0.2) is 13.1 Å². The number of nitrogens with zero attached hydrogens (tertiary/aromatic N) is 1. The molecule has 0 spiro atoms. The van der Waals surface area contributed by atoms with Crippen molar-refractivity contribution < 1.29 is 17.7 Å². The van der Waals surface area contributed by atoms with E-state index in [1.165, 1.54) is 23.5 Å². The molecule has 29 heavy (non-hydrogen) atoms. The number of carbonyl (C=O) groups is 1. The summed E-state index contributed by atoms with van der Waals surface area (Å²) < 4.78 is 33.0. The lowest BCUT2D eigenvalue weighted by atomic mass is 10.0. The van der Waals surface area contributed by atoms with Gasteiger partial charge in [0.2, 0.25) is 10.0 Å². The Bertz CT molecular complexity index is 1070. The van der Waals surface area contributed by atoms with Crippen LogP contribution in [-0.2, 0) is 16.6 Å². The van der Waals surface area contributed by atoms with E-state index < -0.39 is 10.0 Å². The molecule has 154 valence electrons. The molecule has 1 amide bonds. The van der Waals surface area contributed by atoms with Gasteiger partial charge in [0, 0.05) is 22.5 Å². The maximum Gasteiger partial charge on any atom is 0.251 e. The van der Waals surface area contributed by atoms with E-state index in [4.69, 9.17) is 4.52 Å². The van der Waals surface area contributed by atoms with Gasteiger partial charge in [-0.05, 0) is 49.9 Å². The van der Waals surface area contributed by atoms with E-state index in [1.54, 1.807) is 19.1 Å². The fourth-order valence-electron chi connectivity index (χ4n) is 3.07. The summed E-state index contributed by atoms with van der Waals surface area (Å²) in [6.07, 6.45) is 0.648. The summed E-state index contributed by atoms with van der Waals surface area (Å²) in [7, 11) is -3.73. The van der Waals surface area contributed by atoms with Crippen molar-refractivity contribution in [3.05, 3.63) is 69.2 Å². The maximum atomic E-state index is 12.8. The van der Waals surface area contributed by atoms with E-state index in [1.807, 2.05) is 31.4 Å². The van der Waals surface area contributed by atoms with Crippen LogP contribution < -0.4 is 10.0 Å². The molecule has 0 fully saturated rings. The third-order valence-corrected chi connectivity index (χ3v) is 6.85. The molecule has 2 heterocycles. The Morgan fingerprint density at radius 1 is 1.24 bits per heavy atom. The minimum atomic E-state index is -3.73. The van der Waals surface area contributed by atoms with E-state index in [0.29, 0.717) is 12.2 Å². The van der Waals surface area contributed by atoms with Crippen LogP contribution in [0.25, 0.3) is 0 Å². The summed E-state index contributed by atoms with van der Waals surface area (Å²) in [6.45, 7) is 5.79. The highest BCUT2D eigenvalue weighted by Gasteiger charge is 2.22. The summed E-state index contributed by atoms with van der Waals surface area (Å²) >= 11 is 1.47. The number of amides is 1. The fraction of sp³-hybridized carbons (Fsp3) is 0.300. The van der Waals surface area contributed by atoms with Crippen LogP contribution in [0.4, 0.5) is 0 Å². The van der Waals surface area contributed by atoms with Crippen molar-refractivity contribution in [2.24, 2.45) is 0 Å². The number of hydrogen-bond acceptors (Lipinski definition) is 6. The summed E-state index contributed by atoms with van der Waals surface area (Å²) in [5.41, 5.74) is 1.85.